The second kappa shape index (κ2) is 37.4. The van der Waals surface area contributed by atoms with Crippen molar-refractivity contribution in [3.05, 3.63) is 266 Å². The fourth-order valence-corrected chi connectivity index (χ4v) is 24.6. The first-order valence-corrected chi connectivity index (χ1v) is 53.4. The van der Waals surface area contributed by atoms with Crippen molar-refractivity contribution in [2.24, 2.45) is 0 Å². The first-order valence-electron chi connectivity index (χ1n) is 43.9. The van der Waals surface area contributed by atoms with Crippen LogP contribution in [0.3, 0.4) is 0 Å². The van der Waals surface area contributed by atoms with E-state index in [2.05, 4.69) is 479 Å². The Morgan fingerprint density at radius 3 is 0.310 bits per heavy atom. The Hall–Kier alpha value is -6.36. The Bertz CT molecular complexity index is 6180. The van der Waals surface area contributed by atoms with Gasteiger partial charge in [0.25, 0.3) is 0 Å². The van der Waals surface area contributed by atoms with Crippen molar-refractivity contribution >= 4 is 395 Å². The number of hydrogen-bond acceptors (Lipinski definition) is 0. The molecule has 12 aromatic carbocycles. The third-order valence-corrected chi connectivity index (χ3v) is 33.9. The molecule has 126 heavy (non-hydrogen) atoms. The van der Waals surface area contributed by atoms with Gasteiger partial charge in [0.05, 0.1) is 0 Å². The molecular formula is C108H90Br12N6. The molecule has 0 spiro atoms. The zero-order valence-corrected chi connectivity index (χ0v) is 89.8. The lowest BCUT2D eigenvalue weighted by Crippen LogP contribution is -1.98. The van der Waals surface area contributed by atoms with E-state index in [0.717, 1.165) is 237 Å². The second-order valence-electron chi connectivity index (χ2n) is 33.7. The van der Waals surface area contributed by atoms with Crippen LogP contribution in [0.15, 0.2) is 199 Å². The third-order valence-electron chi connectivity index (χ3n) is 25.7. The molecule has 0 amide bonds. The Balaban J connectivity index is 0.756. The summed E-state index contributed by atoms with van der Waals surface area (Å²) in [6.07, 6.45) is 40.2. The highest BCUT2D eigenvalue weighted by Gasteiger charge is 2.25. The van der Waals surface area contributed by atoms with Crippen molar-refractivity contribution in [1.82, 2.24) is 27.4 Å². The third kappa shape index (κ3) is 16.5. The molecule has 636 valence electrons. The molecule has 6 nitrogen and oxygen atoms in total. The molecule has 19 rings (SSSR count). The first-order chi connectivity index (χ1) is 61.1. The molecule has 18 heteroatoms. The van der Waals surface area contributed by atoms with E-state index < -0.39 is 0 Å². The number of aryl methyl sites for hydroxylation is 6. The molecule has 0 aliphatic carbocycles. The van der Waals surface area contributed by atoms with Gasteiger partial charge in [0, 0.05) is 224 Å². The van der Waals surface area contributed by atoms with Gasteiger partial charge in [-0.2, -0.15) is 0 Å². The molecule has 0 radical (unpaired) electrons. The zero-order chi connectivity index (χ0) is 87.4. The van der Waals surface area contributed by atoms with Crippen LogP contribution in [-0.4, -0.2) is 27.4 Å². The van der Waals surface area contributed by atoms with E-state index in [1.165, 1.54) is 131 Å². The van der Waals surface area contributed by atoms with Gasteiger partial charge < -0.3 is 27.4 Å². The van der Waals surface area contributed by atoms with Crippen LogP contribution in [0.1, 0.15) is 185 Å². The summed E-state index contributed by atoms with van der Waals surface area (Å²) in [4.78, 5) is 0. The molecule has 0 saturated carbocycles. The van der Waals surface area contributed by atoms with Crippen molar-refractivity contribution in [2.45, 2.75) is 158 Å². The van der Waals surface area contributed by atoms with Crippen molar-refractivity contribution in [1.29, 1.82) is 0 Å². The molecule has 18 aromatic rings. The van der Waals surface area contributed by atoms with Crippen LogP contribution < -0.4 is 0 Å². The number of fused-ring (bicyclic) bond motifs is 18. The summed E-state index contributed by atoms with van der Waals surface area (Å²) in [5.74, 6) is 0. The fourth-order valence-electron chi connectivity index (χ4n) is 18.9. The minimum absolute atomic E-state index is 0.903. The summed E-state index contributed by atoms with van der Waals surface area (Å²) in [6.45, 7) is 19.1. The molecule has 0 atom stereocenters. The number of nitrogens with zero attached hydrogens (tertiary/aromatic N) is 6. The van der Waals surface area contributed by atoms with Gasteiger partial charge in [-0.1, -0.05) is 344 Å². The number of halogens is 12. The quantitative estimate of drug-likeness (QED) is 0.0820. The van der Waals surface area contributed by atoms with Crippen LogP contribution in [0.25, 0.3) is 204 Å². The van der Waals surface area contributed by atoms with Crippen molar-refractivity contribution in [2.75, 3.05) is 0 Å². The van der Waals surface area contributed by atoms with Gasteiger partial charge in [-0.25, -0.2) is 0 Å². The van der Waals surface area contributed by atoms with Crippen molar-refractivity contribution < 1.29 is 0 Å². The maximum Gasteiger partial charge on any atom is 0.0498 e. The molecule has 0 N–H and O–H groups in total. The van der Waals surface area contributed by atoms with Crippen LogP contribution >= 0.6 is 191 Å². The smallest absolute Gasteiger partial charge is 0.0498 e. The number of rotatable bonds is 18. The zero-order valence-electron chi connectivity index (χ0n) is 70.7. The van der Waals surface area contributed by atoms with Crippen LogP contribution in [0.2, 0.25) is 0 Å². The van der Waals surface area contributed by atoms with E-state index in [1.54, 1.807) is 0 Å². The van der Waals surface area contributed by atoms with Crippen LogP contribution in [0, 0.1) is 0 Å². The normalized spacial score (nSPS) is 12.9. The van der Waals surface area contributed by atoms with E-state index in [1.807, 2.05) is 0 Å². The molecule has 24 bridgehead atoms. The number of hydrogen-bond donors (Lipinski definition) is 0. The summed E-state index contributed by atoms with van der Waals surface area (Å²) >= 11 is 49.4. The molecule has 0 saturated heterocycles. The minimum Gasteiger partial charge on any atom is -0.340 e. The minimum atomic E-state index is 0.903. The molecule has 7 heterocycles. The van der Waals surface area contributed by atoms with E-state index in [-0.39, 0.29) is 0 Å². The van der Waals surface area contributed by atoms with Crippen molar-refractivity contribution in [3.8, 4) is 0 Å². The standard InChI is InChI=1S/C108H90Br12N6/c1-7-13-31-121-97-37-61-19-21-63-39-99-75(51-87(63)111)77-53-89(113)65(41-101(77)122(99)32-14-8-2)23-25-67-43-103-79(55-91(67)115)81-57-93(117)69(45-105(81)124(103)34-16-10-4)27-29-71-47-107-83(59-95(71)119)84-60-96(120)72(48-108(84)126(107)36-18-12-6)30-28-70-46-106-82(58-94(70)118)80-56-92(116)68(44-104(80)125(106)35-17-11-5)26-24-66-42-102-78(54-90(66)114)76-52-88(112)64(40-100(76)123(102)33-15-9-3)22-20-62-38-98(121)74(50-86(62)110)73(97)49-85(61)109/h19-30,37-60H,7-18,31-36H2,1-6H3. The topological polar surface area (TPSA) is 29.6 Å². The highest BCUT2D eigenvalue weighted by atomic mass is 79.9. The summed E-state index contributed by atoms with van der Waals surface area (Å²) in [5, 5.41) is 14.7. The van der Waals surface area contributed by atoms with Crippen molar-refractivity contribution in [3.63, 3.8) is 0 Å². The average molecular weight is 2430 g/mol. The second-order valence-corrected chi connectivity index (χ2v) is 44.0. The van der Waals surface area contributed by atoms with Crippen LogP contribution in [-0.2, 0) is 39.3 Å². The van der Waals surface area contributed by atoms with E-state index in [4.69, 9.17) is 0 Å². The fraction of sp³-hybridized carbons (Fsp3) is 0.222. The van der Waals surface area contributed by atoms with Gasteiger partial charge >= 0.3 is 0 Å². The Kier molecular flexibility index (Phi) is 26.4. The van der Waals surface area contributed by atoms with Gasteiger partial charge in [0.1, 0.15) is 0 Å². The Labute approximate surface area is 836 Å². The maximum atomic E-state index is 4.12. The van der Waals surface area contributed by atoms with E-state index in [0.29, 0.717) is 0 Å². The van der Waals surface area contributed by atoms with Gasteiger partial charge in [-0.15, -0.1) is 0 Å². The summed E-state index contributed by atoms with van der Waals surface area (Å²) in [6, 6.07) is 56.6. The highest BCUT2D eigenvalue weighted by molar-refractivity contribution is 9.12. The number of unbranched alkanes of at least 4 members (excludes halogenated alkanes) is 6. The monoisotopic (exact) mass is 2420 g/mol. The van der Waals surface area contributed by atoms with Gasteiger partial charge in [-0.05, 0) is 251 Å². The molecule has 0 unspecified atom stereocenters. The van der Waals surface area contributed by atoms with E-state index in [9.17, 15) is 0 Å². The maximum absolute atomic E-state index is 4.12. The highest BCUT2D eigenvalue weighted by Crippen LogP contribution is 2.47. The predicted octanol–water partition coefficient (Wildman–Crippen LogP) is 39.6. The average Bonchev–Trinajstić information content (AvgIpc) is 1.61. The summed E-state index contributed by atoms with van der Waals surface area (Å²) in [5.41, 5.74) is 28.1. The lowest BCUT2D eigenvalue weighted by molar-refractivity contribution is 0.665. The number of benzene rings is 12. The molecular weight excluding hydrogens is 2340 g/mol. The number of aromatic nitrogens is 6. The molecule has 1 aliphatic rings. The summed E-state index contributed by atoms with van der Waals surface area (Å²) in [7, 11) is 0. The first kappa shape index (κ1) is 88.9. The Morgan fingerprint density at radius 2 is 0.230 bits per heavy atom. The lowest BCUT2D eigenvalue weighted by atomic mass is 10.0. The molecule has 1 aliphatic heterocycles. The van der Waals surface area contributed by atoms with E-state index >= 15 is 0 Å². The molecule has 6 aromatic heterocycles. The SMILES string of the molecule is CCCCn1c2cc3c(Br)cc2c2cc(Br)c(cc21)C=Cc1cc2c(cc1Br)c1cc(Br)c(cc1n2CCCC)C=Cc1cc2c(cc1Br)c1cc(Br)c(cc1n2CCCC)C=Cc1cc2c(cc1Br)c1cc(Br)c(cc1n2CCCC)C=Cc1cc2c(cc1Br)c1cc(Br)c(cc1n2CCCC)C=Cc1cc2c(cc1Br)c1cc(Br)c(cc1n2CCCC)C=C3. The van der Waals surface area contributed by atoms with Gasteiger partial charge in [-0.3, -0.25) is 0 Å². The summed E-state index contributed by atoms with van der Waals surface area (Å²) < 4.78 is 27.9. The largest absolute Gasteiger partial charge is 0.340 e. The predicted molar refractivity (Wildman–Crippen MR) is 592 cm³/mol. The molecule has 0 fully saturated rings. The lowest BCUT2D eigenvalue weighted by Gasteiger charge is -2.10. The van der Waals surface area contributed by atoms with Gasteiger partial charge in [0.2, 0.25) is 0 Å². The Morgan fingerprint density at radius 1 is 0.143 bits per heavy atom. The van der Waals surface area contributed by atoms with Crippen LogP contribution in [0.4, 0.5) is 0 Å². The van der Waals surface area contributed by atoms with Crippen LogP contribution in [0.5, 0.6) is 0 Å². The van der Waals surface area contributed by atoms with Gasteiger partial charge in [0.15, 0.2) is 0 Å².